The van der Waals surface area contributed by atoms with E-state index in [0.717, 1.165) is 35.5 Å². The number of benzene rings is 1. The van der Waals surface area contributed by atoms with E-state index in [-0.39, 0.29) is 23.5 Å². The Morgan fingerprint density at radius 2 is 1.97 bits per heavy atom. The molecule has 164 valence electrons. The molecule has 2 fully saturated rings. The number of para-hydroxylation sites is 2. The highest BCUT2D eigenvalue weighted by Crippen LogP contribution is 2.35. The standard InChI is InChI=1S/C22H31N3O3S2/c1-2-13-24(18-12-14-30(27,28)16-18)21(26)15-29-22-23-19-10-6-7-11-20(19)25(22)17-8-4-3-5-9-17/h6-7,10-11,17-18H,2-5,8-9,12-16H2,1H3. The number of aromatic nitrogens is 2. The molecule has 1 aromatic heterocycles. The van der Waals surface area contributed by atoms with Gasteiger partial charge in [-0.1, -0.05) is 50.1 Å². The Morgan fingerprint density at radius 1 is 1.20 bits per heavy atom. The Balaban J connectivity index is 1.53. The van der Waals surface area contributed by atoms with Crippen molar-refractivity contribution in [2.24, 2.45) is 0 Å². The van der Waals surface area contributed by atoms with Gasteiger partial charge in [-0.2, -0.15) is 0 Å². The largest absolute Gasteiger partial charge is 0.338 e. The first-order valence-corrected chi connectivity index (χ1v) is 13.9. The molecular formula is C22H31N3O3S2. The van der Waals surface area contributed by atoms with Crippen molar-refractivity contribution in [1.82, 2.24) is 14.5 Å². The minimum atomic E-state index is -3.02. The number of sulfone groups is 1. The highest BCUT2D eigenvalue weighted by molar-refractivity contribution is 7.99. The smallest absolute Gasteiger partial charge is 0.233 e. The molecule has 1 saturated carbocycles. The summed E-state index contributed by atoms with van der Waals surface area (Å²) in [4.78, 5) is 19.7. The number of carbonyl (C=O) groups is 1. The van der Waals surface area contributed by atoms with Crippen molar-refractivity contribution in [2.75, 3.05) is 23.8 Å². The first kappa shape index (κ1) is 21.7. The Hall–Kier alpha value is -1.54. The number of hydrogen-bond acceptors (Lipinski definition) is 5. The van der Waals surface area contributed by atoms with Gasteiger partial charge in [0, 0.05) is 18.6 Å². The van der Waals surface area contributed by atoms with E-state index in [2.05, 4.69) is 10.6 Å². The molecule has 6 nitrogen and oxygen atoms in total. The number of nitrogens with zero attached hydrogens (tertiary/aromatic N) is 3. The second kappa shape index (κ2) is 9.30. The molecule has 0 N–H and O–H groups in total. The molecule has 1 aromatic carbocycles. The Bertz CT molecular complexity index is 996. The van der Waals surface area contributed by atoms with Gasteiger partial charge in [0.25, 0.3) is 0 Å². The van der Waals surface area contributed by atoms with Gasteiger partial charge in [0.1, 0.15) is 0 Å². The number of imidazole rings is 1. The summed E-state index contributed by atoms with van der Waals surface area (Å²) < 4.78 is 26.2. The van der Waals surface area contributed by atoms with Gasteiger partial charge >= 0.3 is 0 Å². The minimum Gasteiger partial charge on any atom is -0.338 e. The summed E-state index contributed by atoms with van der Waals surface area (Å²) in [5.74, 6) is 0.609. The van der Waals surface area contributed by atoms with Crippen LogP contribution in [0.2, 0.25) is 0 Å². The second-order valence-corrected chi connectivity index (χ2v) is 11.6. The molecule has 1 amide bonds. The molecule has 0 bridgehead atoms. The quantitative estimate of drug-likeness (QED) is 0.596. The van der Waals surface area contributed by atoms with Crippen molar-refractivity contribution < 1.29 is 13.2 Å². The van der Waals surface area contributed by atoms with Gasteiger partial charge in [-0.15, -0.1) is 0 Å². The molecule has 4 rings (SSSR count). The van der Waals surface area contributed by atoms with Crippen LogP contribution in [0.4, 0.5) is 0 Å². The molecule has 2 aromatic rings. The summed E-state index contributed by atoms with van der Waals surface area (Å²) >= 11 is 1.50. The van der Waals surface area contributed by atoms with Crippen molar-refractivity contribution in [3.05, 3.63) is 24.3 Å². The number of hydrogen-bond donors (Lipinski definition) is 0. The van der Waals surface area contributed by atoms with Gasteiger partial charge < -0.3 is 9.47 Å². The molecule has 0 radical (unpaired) electrons. The summed E-state index contributed by atoms with van der Waals surface area (Å²) in [5.41, 5.74) is 2.12. The number of thioether (sulfide) groups is 1. The van der Waals surface area contributed by atoms with E-state index in [4.69, 9.17) is 4.98 Å². The predicted octanol–water partition coefficient (Wildman–Crippen LogP) is 4.06. The Kier molecular flexibility index (Phi) is 6.72. The summed E-state index contributed by atoms with van der Waals surface area (Å²) in [6.07, 6.45) is 7.46. The van der Waals surface area contributed by atoms with Gasteiger partial charge in [0.05, 0.1) is 28.3 Å². The van der Waals surface area contributed by atoms with Crippen LogP contribution in [0, 0.1) is 0 Å². The van der Waals surface area contributed by atoms with E-state index < -0.39 is 9.84 Å². The average molecular weight is 450 g/mol. The van der Waals surface area contributed by atoms with E-state index in [0.29, 0.717) is 24.8 Å². The molecule has 1 unspecified atom stereocenters. The van der Waals surface area contributed by atoms with Gasteiger partial charge in [0.15, 0.2) is 15.0 Å². The second-order valence-electron chi connectivity index (χ2n) is 8.48. The predicted molar refractivity (Wildman–Crippen MR) is 122 cm³/mol. The third-order valence-electron chi connectivity index (χ3n) is 6.26. The number of fused-ring (bicyclic) bond motifs is 1. The van der Waals surface area contributed by atoms with E-state index >= 15 is 0 Å². The fraction of sp³-hybridized carbons (Fsp3) is 0.636. The highest BCUT2D eigenvalue weighted by atomic mass is 32.2. The lowest BCUT2D eigenvalue weighted by Crippen LogP contribution is -2.42. The Morgan fingerprint density at radius 3 is 2.67 bits per heavy atom. The van der Waals surface area contributed by atoms with Crippen LogP contribution in [0.1, 0.15) is 57.9 Å². The van der Waals surface area contributed by atoms with Crippen LogP contribution in [-0.2, 0) is 14.6 Å². The van der Waals surface area contributed by atoms with Crippen molar-refractivity contribution in [2.45, 2.75) is 69.1 Å². The SMILES string of the molecule is CCCN(C(=O)CSc1nc2ccccc2n1C1CCCCC1)C1CCS(=O)(=O)C1. The van der Waals surface area contributed by atoms with Crippen molar-refractivity contribution in [1.29, 1.82) is 0 Å². The topological polar surface area (TPSA) is 72.3 Å². The lowest BCUT2D eigenvalue weighted by molar-refractivity contribution is -0.130. The van der Waals surface area contributed by atoms with Crippen LogP contribution >= 0.6 is 11.8 Å². The lowest BCUT2D eigenvalue weighted by atomic mass is 9.95. The molecule has 1 aliphatic heterocycles. The van der Waals surface area contributed by atoms with Gasteiger partial charge in [-0.3, -0.25) is 4.79 Å². The van der Waals surface area contributed by atoms with Gasteiger partial charge in [-0.25, -0.2) is 13.4 Å². The monoisotopic (exact) mass is 449 g/mol. The molecule has 1 aliphatic carbocycles. The van der Waals surface area contributed by atoms with Crippen LogP contribution in [-0.4, -0.2) is 58.6 Å². The van der Waals surface area contributed by atoms with Crippen molar-refractivity contribution in [3.63, 3.8) is 0 Å². The van der Waals surface area contributed by atoms with Gasteiger partial charge in [0.2, 0.25) is 5.91 Å². The van der Waals surface area contributed by atoms with E-state index in [9.17, 15) is 13.2 Å². The van der Waals surface area contributed by atoms with Crippen molar-refractivity contribution in [3.8, 4) is 0 Å². The third-order valence-corrected chi connectivity index (χ3v) is 8.95. The molecule has 2 heterocycles. The molecule has 0 spiro atoms. The van der Waals surface area contributed by atoms with E-state index in [1.807, 2.05) is 25.1 Å². The first-order valence-electron chi connectivity index (χ1n) is 11.1. The summed E-state index contributed by atoms with van der Waals surface area (Å²) in [6, 6.07) is 8.47. The normalized spacial score (nSPS) is 21.8. The number of rotatable bonds is 7. The first-order chi connectivity index (χ1) is 14.5. The zero-order valence-electron chi connectivity index (χ0n) is 17.6. The molecule has 2 aliphatic rings. The van der Waals surface area contributed by atoms with Crippen LogP contribution in [0.25, 0.3) is 11.0 Å². The van der Waals surface area contributed by atoms with Crippen LogP contribution in [0.3, 0.4) is 0 Å². The third kappa shape index (κ3) is 4.69. The molecule has 30 heavy (non-hydrogen) atoms. The molecule has 1 atom stereocenters. The summed E-state index contributed by atoms with van der Waals surface area (Å²) in [7, 11) is -3.02. The zero-order chi connectivity index (χ0) is 21.1. The fourth-order valence-corrected chi connectivity index (χ4v) is 7.50. The zero-order valence-corrected chi connectivity index (χ0v) is 19.3. The van der Waals surface area contributed by atoms with Crippen LogP contribution in [0.15, 0.2) is 29.4 Å². The number of carbonyl (C=O) groups excluding carboxylic acids is 1. The van der Waals surface area contributed by atoms with E-state index in [1.54, 1.807) is 4.90 Å². The van der Waals surface area contributed by atoms with Crippen LogP contribution < -0.4 is 0 Å². The van der Waals surface area contributed by atoms with Gasteiger partial charge in [-0.05, 0) is 37.8 Å². The summed E-state index contributed by atoms with van der Waals surface area (Å²) in [5, 5.41) is 0.909. The highest BCUT2D eigenvalue weighted by Gasteiger charge is 2.34. The van der Waals surface area contributed by atoms with Crippen molar-refractivity contribution >= 4 is 38.5 Å². The number of amides is 1. The minimum absolute atomic E-state index is 0.0196. The summed E-state index contributed by atoms with van der Waals surface area (Å²) in [6.45, 7) is 2.64. The fourth-order valence-electron chi connectivity index (χ4n) is 4.80. The molecule has 1 saturated heterocycles. The Labute approximate surface area is 183 Å². The average Bonchev–Trinajstić information content (AvgIpc) is 3.30. The lowest BCUT2D eigenvalue weighted by Gasteiger charge is -2.28. The maximum absolute atomic E-state index is 13.1. The maximum atomic E-state index is 13.1. The maximum Gasteiger partial charge on any atom is 0.233 e. The van der Waals surface area contributed by atoms with Crippen LogP contribution in [0.5, 0.6) is 0 Å². The molecule has 8 heteroatoms. The van der Waals surface area contributed by atoms with E-state index in [1.165, 1.54) is 31.0 Å². The molecular weight excluding hydrogens is 418 g/mol.